The summed E-state index contributed by atoms with van der Waals surface area (Å²) in [5.74, 6) is -0.699. The molecule has 8 heteroatoms. The molecule has 1 aliphatic carbocycles. The summed E-state index contributed by atoms with van der Waals surface area (Å²) >= 11 is 0. The van der Waals surface area contributed by atoms with Gasteiger partial charge in [-0.05, 0) is 30.9 Å². The Morgan fingerprint density at radius 3 is 2.78 bits per heavy atom. The van der Waals surface area contributed by atoms with Crippen molar-refractivity contribution in [2.75, 3.05) is 18.0 Å². The third-order valence-corrected chi connectivity index (χ3v) is 4.54. The molecule has 2 heterocycles. The van der Waals surface area contributed by atoms with E-state index in [0.717, 1.165) is 6.07 Å². The van der Waals surface area contributed by atoms with Crippen LogP contribution in [0.4, 0.5) is 19.0 Å². The van der Waals surface area contributed by atoms with Crippen LogP contribution >= 0.6 is 0 Å². The third-order valence-electron chi connectivity index (χ3n) is 4.54. The minimum absolute atomic E-state index is 0.00867. The standard InChI is InChI=1S/C15H18F3N3O2/c16-15(17,18)10-5-14(20-11-3-1-2-9(10)11)21-6-8(4-13(19)23)12(22)7-21/h5,8,12,22H,1-4,6-7H2,(H2,19,23)/t8-,12-/m1/s1. The fourth-order valence-electron chi connectivity index (χ4n) is 3.44. The SMILES string of the molecule is NC(=O)C[C@@H]1CN(c2cc(C(F)(F)F)c3c(n2)CCC3)C[C@H]1O. The second-order valence-electron chi connectivity index (χ2n) is 6.21. The first kappa shape index (κ1) is 16.0. The molecule has 0 bridgehead atoms. The number of fused-ring (bicyclic) bond motifs is 1. The van der Waals surface area contributed by atoms with Crippen molar-refractivity contribution in [3.8, 4) is 0 Å². The average molecular weight is 329 g/mol. The molecule has 0 saturated carbocycles. The number of aryl methyl sites for hydroxylation is 1. The van der Waals surface area contributed by atoms with Gasteiger partial charge in [-0.25, -0.2) is 4.98 Å². The first-order chi connectivity index (χ1) is 10.8. The normalized spacial score (nSPS) is 24.1. The van der Waals surface area contributed by atoms with Crippen molar-refractivity contribution in [2.45, 2.75) is 38.0 Å². The van der Waals surface area contributed by atoms with E-state index in [4.69, 9.17) is 5.73 Å². The van der Waals surface area contributed by atoms with Crippen LogP contribution in [0.3, 0.4) is 0 Å². The van der Waals surface area contributed by atoms with Crippen molar-refractivity contribution in [1.82, 2.24) is 4.98 Å². The molecule has 1 fully saturated rings. The number of β-amino-alcohol motifs (C(OH)–C–C–N with tert-alkyl or cyclic N) is 1. The van der Waals surface area contributed by atoms with E-state index in [1.807, 2.05) is 0 Å². The summed E-state index contributed by atoms with van der Waals surface area (Å²) in [6.07, 6.45) is -3.61. The van der Waals surface area contributed by atoms with Crippen molar-refractivity contribution in [1.29, 1.82) is 0 Å². The number of rotatable bonds is 3. The Morgan fingerprint density at radius 2 is 2.13 bits per heavy atom. The minimum Gasteiger partial charge on any atom is -0.391 e. The fraction of sp³-hybridized carbons (Fsp3) is 0.600. The van der Waals surface area contributed by atoms with Gasteiger partial charge < -0.3 is 15.7 Å². The van der Waals surface area contributed by atoms with Crippen molar-refractivity contribution in [3.05, 3.63) is 22.9 Å². The molecule has 1 amide bonds. The number of primary amides is 1. The Labute approximate surface area is 131 Å². The number of nitrogens with zero attached hydrogens (tertiary/aromatic N) is 2. The second kappa shape index (κ2) is 5.67. The van der Waals surface area contributed by atoms with Gasteiger partial charge in [0.2, 0.25) is 5.91 Å². The molecule has 2 atom stereocenters. The summed E-state index contributed by atoms with van der Waals surface area (Å²) in [7, 11) is 0. The number of aliphatic hydroxyl groups excluding tert-OH is 1. The maximum Gasteiger partial charge on any atom is 0.416 e. The number of halogens is 3. The summed E-state index contributed by atoms with van der Waals surface area (Å²) in [4.78, 5) is 17.0. The monoisotopic (exact) mass is 329 g/mol. The van der Waals surface area contributed by atoms with Crippen molar-refractivity contribution in [2.24, 2.45) is 11.7 Å². The molecule has 3 rings (SSSR count). The number of hydrogen-bond acceptors (Lipinski definition) is 4. The van der Waals surface area contributed by atoms with Gasteiger partial charge in [0.25, 0.3) is 0 Å². The number of anilines is 1. The Hall–Kier alpha value is -1.83. The van der Waals surface area contributed by atoms with Crippen LogP contribution in [0.5, 0.6) is 0 Å². The molecule has 1 saturated heterocycles. The van der Waals surface area contributed by atoms with Gasteiger partial charge in [0.15, 0.2) is 0 Å². The molecule has 1 aromatic heterocycles. The highest BCUT2D eigenvalue weighted by Crippen LogP contribution is 2.39. The number of amides is 1. The van der Waals surface area contributed by atoms with Gasteiger partial charge in [-0.2, -0.15) is 13.2 Å². The topological polar surface area (TPSA) is 79.5 Å². The zero-order valence-electron chi connectivity index (χ0n) is 12.4. The maximum absolute atomic E-state index is 13.3. The molecular formula is C15H18F3N3O2. The molecule has 0 radical (unpaired) electrons. The van der Waals surface area contributed by atoms with Crippen molar-refractivity contribution >= 4 is 11.7 Å². The van der Waals surface area contributed by atoms with Crippen LogP contribution in [0.2, 0.25) is 0 Å². The van der Waals surface area contributed by atoms with Gasteiger partial charge in [0, 0.05) is 31.1 Å². The Bertz CT molecular complexity index is 633. The number of carbonyl (C=O) groups excluding carboxylic acids is 1. The van der Waals surface area contributed by atoms with Crippen LogP contribution < -0.4 is 10.6 Å². The Balaban J connectivity index is 1.91. The molecule has 0 spiro atoms. The van der Waals surface area contributed by atoms with Crippen LogP contribution in [0.15, 0.2) is 6.07 Å². The molecular weight excluding hydrogens is 311 g/mol. The van der Waals surface area contributed by atoms with Gasteiger partial charge in [-0.1, -0.05) is 0 Å². The number of aromatic nitrogens is 1. The van der Waals surface area contributed by atoms with E-state index < -0.39 is 23.8 Å². The minimum atomic E-state index is -4.42. The second-order valence-corrected chi connectivity index (χ2v) is 6.21. The highest BCUT2D eigenvalue weighted by atomic mass is 19.4. The van der Waals surface area contributed by atoms with E-state index in [1.165, 1.54) is 0 Å². The average Bonchev–Trinajstić information content (AvgIpc) is 3.03. The van der Waals surface area contributed by atoms with Crippen LogP contribution in [0.1, 0.15) is 29.7 Å². The van der Waals surface area contributed by atoms with Crippen LogP contribution in [-0.4, -0.2) is 35.2 Å². The summed E-state index contributed by atoms with van der Waals surface area (Å²) < 4.78 is 39.8. The Morgan fingerprint density at radius 1 is 1.39 bits per heavy atom. The van der Waals surface area contributed by atoms with Gasteiger partial charge in [0.05, 0.1) is 11.7 Å². The lowest BCUT2D eigenvalue weighted by Gasteiger charge is -2.21. The van der Waals surface area contributed by atoms with Crippen LogP contribution in [0.25, 0.3) is 0 Å². The summed E-state index contributed by atoms with van der Waals surface area (Å²) in [5.41, 5.74) is 5.28. The van der Waals surface area contributed by atoms with Crippen molar-refractivity contribution < 1.29 is 23.1 Å². The summed E-state index contributed by atoms with van der Waals surface area (Å²) in [6, 6.07) is 1.06. The third kappa shape index (κ3) is 3.12. The van der Waals surface area contributed by atoms with E-state index >= 15 is 0 Å². The van der Waals surface area contributed by atoms with Crippen LogP contribution in [-0.2, 0) is 23.8 Å². The molecule has 0 aromatic carbocycles. The largest absolute Gasteiger partial charge is 0.416 e. The van der Waals surface area contributed by atoms with E-state index in [-0.39, 0.29) is 36.8 Å². The molecule has 126 valence electrons. The predicted octanol–water partition coefficient (Wildman–Crippen LogP) is 1.26. The van der Waals surface area contributed by atoms with E-state index in [0.29, 0.717) is 25.0 Å². The van der Waals surface area contributed by atoms with Gasteiger partial charge >= 0.3 is 6.18 Å². The molecule has 5 nitrogen and oxygen atoms in total. The zero-order chi connectivity index (χ0) is 16.8. The highest BCUT2D eigenvalue weighted by Gasteiger charge is 2.39. The van der Waals surface area contributed by atoms with Gasteiger partial charge in [-0.3, -0.25) is 4.79 Å². The van der Waals surface area contributed by atoms with E-state index in [1.54, 1.807) is 4.90 Å². The van der Waals surface area contributed by atoms with Crippen LogP contribution in [0, 0.1) is 5.92 Å². The fourth-order valence-corrected chi connectivity index (χ4v) is 3.44. The maximum atomic E-state index is 13.3. The lowest BCUT2D eigenvalue weighted by molar-refractivity contribution is -0.138. The summed E-state index contributed by atoms with van der Waals surface area (Å²) in [5, 5.41) is 9.99. The number of nitrogens with two attached hydrogens (primary N) is 1. The lowest BCUT2D eigenvalue weighted by atomic mass is 10.0. The molecule has 23 heavy (non-hydrogen) atoms. The highest BCUT2D eigenvalue weighted by molar-refractivity contribution is 5.74. The predicted molar refractivity (Wildman–Crippen MR) is 76.8 cm³/mol. The number of carbonyl (C=O) groups is 1. The molecule has 1 aliphatic heterocycles. The quantitative estimate of drug-likeness (QED) is 0.875. The van der Waals surface area contributed by atoms with E-state index in [2.05, 4.69) is 4.98 Å². The lowest BCUT2D eigenvalue weighted by Crippen LogP contribution is -2.24. The molecule has 0 unspecified atom stereocenters. The zero-order valence-corrected chi connectivity index (χ0v) is 12.4. The van der Waals surface area contributed by atoms with Crippen molar-refractivity contribution in [3.63, 3.8) is 0 Å². The number of alkyl halides is 3. The molecule has 2 aliphatic rings. The number of aliphatic hydroxyl groups is 1. The Kier molecular flexibility index (Phi) is 3.95. The molecule has 3 N–H and O–H groups in total. The summed E-state index contributed by atoms with van der Waals surface area (Å²) in [6.45, 7) is 0.425. The molecule has 1 aromatic rings. The van der Waals surface area contributed by atoms with E-state index in [9.17, 15) is 23.1 Å². The van der Waals surface area contributed by atoms with Gasteiger partial charge in [-0.15, -0.1) is 0 Å². The smallest absolute Gasteiger partial charge is 0.391 e. The first-order valence-corrected chi connectivity index (χ1v) is 7.57. The number of pyridine rings is 1. The van der Waals surface area contributed by atoms with Gasteiger partial charge in [0.1, 0.15) is 5.82 Å². The number of hydrogen-bond donors (Lipinski definition) is 2. The first-order valence-electron chi connectivity index (χ1n) is 7.57.